The molecule has 9 heteroatoms. The number of fused-ring (bicyclic) bond motifs is 1. The Kier molecular flexibility index (Phi) is 6.26. The first-order valence-electron chi connectivity index (χ1n) is 8.02. The van der Waals surface area contributed by atoms with E-state index in [1.807, 2.05) is 24.3 Å². The summed E-state index contributed by atoms with van der Waals surface area (Å²) in [6, 6.07) is 12.0. The highest BCUT2D eigenvalue weighted by Gasteiger charge is 2.24. The van der Waals surface area contributed by atoms with Crippen molar-refractivity contribution in [1.29, 1.82) is 0 Å². The summed E-state index contributed by atoms with van der Waals surface area (Å²) in [5.41, 5.74) is 5.57. The van der Waals surface area contributed by atoms with Gasteiger partial charge >= 0.3 is 0 Å². The molecule has 2 aromatic rings. The molecule has 0 spiro atoms. The van der Waals surface area contributed by atoms with Crippen LogP contribution in [0.3, 0.4) is 0 Å². The molecule has 27 heavy (non-hydrogen) atoms. The maximum atomic E-state index is 12.2. The van der Waals surface area contributed by atoms with Gasteiger partial charge in [-0.05, 0) is 30.3 Å². The van der Waals surface area contributed by atoms with Crippen molar-refractivity contribution < 1.29 is 14.4 Å². The van der Waals surface area contributed by atoms with Crippen molar-refractivity contribution in [3.8, 4) is 0 Å². The summed E-state index contributed by atoms with van der Waals surface area (Å²) in [4.78, 5) is 38.9. The molecule has 0 aliphatic carbocycles. The molecule has 0 saturated heterocycles. The van der Waals surface area contributed by atoms with Crippen LogP contribution in [0.25, 0.3) is 0 Å². The minimum absolute atomic E-state index is 0.0360. The highest BCUT2D eigenvalue weighted by atomic mass is 35.5. The van der Waals surface area contributed by atoms with Crippen molar-refractivity contribution in [3.63, 3.8) is 0 Å². The van der Waals surface area contributed by atoms with Gasteiger partial charge in [0.25, 0.3) is 5.91 Å². The quantitative estimate of drug-likeness (QED) is 0.739. The number of benzene rings is 2. The maximum Gasteiger partial charge on any atom is 0.271 e. The smallest absolute Gasteiger partial charge is 0.271 e. The lowest BCUT2D eigenvalue weighted by molar-refractivity contribution is -0.121. The average molecular weight is 424 g/mol. The van der Waals surface area contributed by atoms with Gasteiger partial charge < -0.3 is 4.90 Å². The lowest BCUT2D eigenvalue weighted by Crippen LogP contribution is -2.44. The fourth-order valence-electron chi connectivity index (χ4n) is 2.54. The summed E-state index contributed by atoms with van der Waals surface area (Å²) in [5, 5.41) is 0.579. The molecular weight excluding hydrogens is 409 g/mol. The van der Waals surface area contributed by atoms with Gasteiger partial charge in [0.1, 0.15) is 0 Å². The predicted octanol–water partition coefficient (Wildman–Crippen LogP) is 3.28. The Morgan fingerprint density at radius 3 is 2.70 bits per heavy atom. The second kappa shape index (κ2) is 8.65. The zero-order valence-electron chi connectivity index (χ0n) is 14.0. The topological polar surface area (TPSA) is 78.5 Å². The molecule has 0 aromatic heterocycles. The minimum Gasteiger partial charge on any atom is -0.310 e. The Balaban J connectivity index is 1.55. The zero-order valence-corrected chi connectivity index (χ0v) is 16.3. The van der Waals surface area contributed by atoms with E-state index in [2.05, 4.69) is 10.9 Å². The lowest BCUT2D eigenvalue weighted by Gasteiger charge is -2.28. The number of thioether (sulfide) groups is 1. The van der Waals surface area contributed by atoms with E-state index in [0.29, 0.717) is 10.8 Å². The number of anilines is 1. The standard InChI is InChI=1S/C18H15Cl2N3O3S/c19-11-5-6-13(20)12(9-11)18(26)22-21-16(24)7-8-23-14-3-1-2-4-15(14)27-10-17(23)25/h1-6,9H,7-8,10H2,(H,21,24)(H,22,26). The van der Waals surface area contributed by atoms with Gasteiger partial charge in [-0.15, -0.1) is 11.8 Å². The molecule has 3 amide bonds. The second-order valence-electron chi connectivity index (χ2n) is 5.68. The normalized spacial score (nSPS) is 13.1. The second-order valence-corrected chi connectivity index (χ2v) is 7.54. The largest absolute Gasteiger partial charge is 0.310 e. The number of para-hydroxylation sites is 1. The SMILES string of the molecule is O=C(CCN1C(=O)CSc2ccccc21)NNC(=O)c1cc(Cl)ccc1Cl. The first-order chi connectivity index (χ1) is 13.0. The summed E-state index contributed by atoms with van der Waals surface area (Å²) in [6.07, 6.45) is 0.0360. The van der Waals surface area contributed by atoms with Crippen molar-refractivity contribution >= 4 is 58.4 Å². The van der Waals surface area contributed by atoms with Crippen LogP contribution >= 0.6 is 35.0 Å². The minimum atomic E-state index is -0.577. The molecule has 0 unspecified atom stereocenters. The number of hydrogen-bond donors (Lipinski definition) is 2. The van der Waals surface area contributed by atoms with E-state index in [9.17, 15) is 14.4 Å². The molecule has 1 aliphatic heterocycles. The van der Waals surface area contributed by atoms with Gasteiger partial charge in [-0.3, -0.25) is 25.2 Å². The third-order valence-corrected chi connectivity index (χ3v) is 5.47. The van der Waals surface area contributed by atoms with Crippen LogP contribution in [0.4, 0.5) is 5.69 Å². The van der Waals surface area contributed by atoms with Gasteiger partial charge in [0, 0.05) is 22.9 Å². The van der Waals surface area contributed by atoms with Crippen molar-refractivity contribution in [1.82, 2.24) is 10.9 Å². The van der Waals surface area contributed by atoms with Crippen LogP contribution in [0.2, 0.25) is 10.0 Å². The summed E-state index contributed by atoms with van der Waals surface area (Å²) >= 11 is 13.3. The number of carbonyl (C=O) groups excluding carboxylic acids is 3. The van der Waals surface area contributed by atoms with Crippen LogP contribution < -0.4 is 15.8 Å². The molecule has 1 aliphatic rings. The van der Waals surface area contributed by atoms with Gasteiger partial charge in [0.05, 0.1) is 22.0 Å². The Morgan fingerprint density at radius 1 is 1.11 bits per heavy atom. The first kappa shape index (κ1) is 19.5. The van der Waals surface area contributed by atoms with E-state index in [4.69, 9.17) is 23.2 Å². The monoisotopic (exact) mass is 423 g/mol. The van der Waals surface area contributed by atoms with Gasteiger partial charge in [-0.1, -0.05) is 35.3 Å². The zero-order chi connectivity index (χ0) is 19.4. The molecule has 0 saturated carbocycles. The van der Waals surface area contributed by atoms with Crippen LogP contribution in [0.15, 0.2) is 47.4 Å². The molecule has 140 valence electrons. The third-order valence-electron chi connectivity index (χ3n) is 3.86. The molecule has 0 radical (unpaired) electrons. The molecule has 0 bridgehead atoms. The highest BCUT2D eigenvalue weighted by molar-refractivity contribution is 8.00. The van der Waals surface area contributed by atoms with Crippen molar-refractivity contribution in [2.45, 2.75) is 11.3 Å². The predicted molar refractivity (Wildman–Crippen MR) is 106 cm³/mol. The van der Waals surface area contributed by atoms with Gasteiger partial charge in [-0.25, -0.2) is 0 Å². The number of nitrogens with one attached hydrogen (secondary N) is 2. The Morgan fingerprint density at radius 2 is 1.89 bits per heavy atom. The van der Waals surface area contributed by atoms with Crippen molar-refractivity contribution in [2.24, 2.45) is 0 Å². The van der Waals surface area contributed by atoms with Crippen LogP contribution in [-0.4, -0.2) is 30.0 Å². The number of hydrazine groups is 1. The van der Waals surface area contributed by atoms with Crippen LogP contribution in [0, 0.1) is 0 Å². The van der Waals surface area contributed by atoms with Crippen LogP contribution in [0.5, 0.6) is 0 Å². The number of amides is 3. The Bertz CT molecular complexity index is 907. The average Bonchev–Trinajstić information content (AvgIpc) is 2.67. The Hall–Kier alpha value is -2.22. The fraction of sp³-hybridized carbons (Fsp3) is 0.167. The molecule has 2 N–H and O–H groups in total. The lowest BCUT2D eigenvalue weighted by atomic mass is 10.2. The van der Waals surface area contributed by atoms with E-state index in [-0.39, 0.29) is 29.5 Å². The third kappa shape index (κ3) is 4.74. The molecular formula is C18H15Cl2N3O3S. The van der Waals surface area contributed by atoms with Gasteiger partial charge in [0.15, 0.2) is 0 Å². The highest BCUT2D eigenvalue weighted by Crippen LogP contribution is 2.34. The maximum absolute atomic E-state index is 12.2. The first-order valence-corrected chi connectivity index (χ1v) is 9.76. The number of nitrogens with zero attached hydrogens (tertiary/aromatic N) is 1. The fourth-order valence-corrected chi connectivity index (χ4v) is 3.85. The molecule has 2 aromatic carbocycles. The van der Waals surface area contributed by atoms with E-state index in [1.165, 1.54) is 23.9 Å². The van der Waals surface area contributed by atoms with Gasteiger partial charge in [0.2, 0.25) is 11.8 Å². The summed E-state index contributed by atoms with van der Waals surface area (Å²) in [7, 11) is 0. The number of hydrogen-bond acceptors (Lipinski definition) is 4. The van der Waals surface area contributed by atoms with Crippen molar-refractivity contribution in [3.05, 3.63) is 58.1 Å². The van der Waals surface area contributed by atoms with E-state index < -0.39 is 11.8 Å². The number of rotatable bonds is 4. The Labute approximate surface area is 170 Å². The van der Waals surface area contributed by atoms with Crippen LogP contribution in [0.1, 0.15) is 16.8 Å². The molecule has 1 heterocycles. The molecule has 0 atom stereocenters. The van der Waals surface area contributed by atoms with Gasteiger partial charge in [-0.2, -0.15) is 0 Å². The van der Waals surface area contributed by atoms with E-state index in [1.54, 1.807) is 11.0 Å². The summed E-state index contributed by atoms with van der Waals surface area (Å²) in [5.74, 6) is -0.722. The number of carbonyl (C=O) groups is 3. The van der Waals surface area contributed by atoms with Crippen LogP contribution in [-0.2, 0) is 9.59 Å². The molecule has 3 rings (SSSR count). The number of halogens is 2. The summed E-state index contributed by atoms with van der Waals surface area (Å²) in [6.45, 7) is 0.218. The molecule has 6 nitrogen and oxygen atoms in total. The molecule has 0 fully saturated rings. The van der Waals surface area contributed by atoms with Crippen molar-refractivity contribution in [2.75, 3.05) is 17.2 Å². The van der Waals surface area contributed by atoms with E-state index in [0.717, 1.165) is 10.6 Å². The van der Waals surface area contributed by atoms with E-state index >= 15 is 0 Å². The summed E-state index contributed by atoms with van der Waals surface area (Å²) < 4.78 is 0.